The fourth-order valence-electron chi connectivity index (χ4n) is 1.21. The minimum atomic E-state index is 0.112. The number of rotatable bonds is 2. The van der Waals surface area contributed by atoms with Crippen LogP contribution in [-0.4, -0.2) is 29.5 Å². The van der Waals surface area contributed by atoms with Crippen LogP contribution in [0.3, 0.4) is 0 Å². The molecule has 1 atom stereocenters. The summed E-state index contributed by atoms with van der Waals surface area (Å²) in [4.78, 5) is 0. The van der Waals surface area contributed by atoms with E-state index < -0.39 is 0 Å². The van der Waals surface area contributed by atoms with Gasteiger partial charge in [0.15, 0.2) is 0 Å². The summed E-state index contributed by atoms with van der Waals surface area (Å²) in [6, 6.07) is 0. The summed E-state index contributed by atoms with van der Waals surface area (Å²) in [5.74, 6) is 0. The van der Waals surface area contributed by atoms with Crippen molar-refractivity contribution in [3.05, 3.63) is 0 Å². The van der Waals surface area contributed by atoms with E-state index in [1.54, 1.807) is 0 Å². The largest absolute Gasteiger partial charge is 0.463 e. The van der Waals surface area contributed by atoms with E-state index in [9.17, 15) is 0 Å². The summed E-state index contributed by atoms with van der Waals surface area (Å²) in [6.07, 6.45) is 2.17. The summed E-state index contributed by atoms with van der Waals surface area (Å²) in [7, 11) is 0. The van der Waals surface area contributed by atoms with Crippen LogP contribution in [0.1, 0.15) is 12.8 Å². The number of nitrogens with two attached hydrogens (primary N) is 1. The van der Waals surface area contributed by atoms with Gasteiger partial charge in [-0.3, -0.25) is 0 Å². The number of ether oxygens (including phenoxy) is 2. The van der Waals surface area contributed by atoms with Crippen LogP contribution in [0.5, 0.6) is 5.19 Å². The SMILES string of the molecule is Nc1nnc(OC2CCCOC2)s1. The van der Waals surface area contributed by atoms with E-state index in [2.05, 4.69) is 10.2 Å². The molecule has 0 amide bonds. The molecule has 0 aliphatic carbocycles. The number of nitrogens with zero attached hydrogens (tertiary/aromatic N) is 2. The van der Waals surface area contributed by atoms with Crippen molar-refractivity contribution in [3.8, 4) is 5.19 Å². The van der Waals surface area contributed by atoms with Crippen LogP contribution in [0.4, 0.5) is 5.13 Å². The zero-order valence-corrected chi connectivity index (χ0v) is 7.92. The second-order valence-corrected chi connectivity index (χ2v) is 3.83. The molecule has 0 aromatic carbocycles. The van der Waals surface area contributed by atoms with Gasteiger partial charge in [0.05, 0.1) is 6.61 Å². The Hall–Kier alpha value is -0.880. The number of aromatic nitrogens is 2. The van der Waals surface area contributed by atoms with Gasteiger partial charge in [0.25, 0.3) is 5.19 Å². The van der Waals surface area contributed by atoms with Crippen molar-refractivity contribution in [1.82, 2.24) is 10.2 Å². The predicted octanol–water partition coefficient (Wildman–Crippen LogP) is 0.678. The molecule has 0 radical (unpaired) electrons. The third kappa shape index (κ3) is 2.28. The van der Waals surface area contributed by atoms with Gasteiger partial charge in [-0.05, 0) is 24.2 Å². The Balaban J connectivity index is 1.89. The Morgan fingerprint density at radius 3 is 3.08 bits per heavy atom. The van der Waals surface area contributed by atoms with Gasteiger partial charge in [-0.1, -0.05) is 5.10 Å². The third-order valence-corrected chi connectivity index (χ3v) is 2.45. The topological polar surface area (TPSA) is 70.3 Å². The van der Waals surface area contributed by atoms with E-state index in [1.807, 2.05) is 0 Å². The zero-order chi connectivity index (χ0) is 9.10. The van der Waals surface area contributed by atoms with Gasteiger partial charge in [-0.15, -0.1) is 5.10 Å². The molecule has 2 heterocycles. The van der Waals surface area contributed by atoms with Gasteiger partial charge in [0, 0.05) is 6.61 Å². The number of hydrogen-bond acceptors (Lipinski definition) is 6. The maximum atomic E-state index is 5.52. The minimum Gasteiger partial charge on any atom is -0.463 e. The fourth-order valence-corrected chi connectivity index (χ4v) is 1.74. The molecular weight excluding hydrogens is 190 g/mol. The van der Waals surface area contributed by atoms with E-state index in [4.69, 9.17) is 15.2 Å². The lowest BCUT2D eigenvalue weighted by atomic mass is 10.2. The molecule has 2 N–H and O–H groups in total. The van der Waals surface area contributed by atoms with Crippen LogP contribution in [0.15, 0.2) is 0 Å². The summed E-state index contributed by atoms with van der Waals surface area (Å²) >= 11 is 1.26. The standard InChI is InChI=1S/C7H11N3O2S/c8-6-9-10-7(13-6)12-5-2-1-3-11-4-5/h5H,1-4H2,(H2,8,9). The van der Waals surface area contributed by atoms with E-state index in [0.717, 1.165) is 19.4 Å². The lowest BCUT2D eigenvalue weighted by Crippen LogP contribution is -2.27. The Labute approximate surface area is 79.9 Å². The summed E-state index contributed by atoms with van der Waals surface area (Å²) < 4.78 is 10.8. The van der Waals surface area contributed by atoms with Crippen LogP contribution in [0.2, 0.25) is 0 Å². The average molecular weight is 201 g/mol. The first-order valence-electron chi connectivity index (χ1n) is 4.18. The van der Waals surface area contributed by atoms with Crippen molar-refractivity contribution >= 4 is 16.5 Å². The fraction of sp³-hybridized carbons (Fsp3) is 0.714. The molecule has 72 valence electrons. The van der Waals surface area contributed by atoms with E-state index in [1.165, 1.54) is 11.3 Å². The first-order valence-corrected chi connectivity index (χ1v) is 4.99. The first-order chi connectivity index (χ1) is 6.34. The van der Waals surface area contributed by atoms with Crippen molar-refractivity contribution in [2.45, 2.75) is 18.9 Å². The summed E-state index contributed by atoms with van der Waals surface area (Å²) in [5, 5.41) is 8.41. The van der Waals surface area contributed by atoms with Crippen molar-refractivity contribution in [2.24, 2.45) is 0 Å². The predicted molar refractivity (Wildman–Crippen MR) is 48.8 cm³/mol. The zero-order valence-electron chi connectivity index (χ0n) is 7.10. The summed E-state index contributed by atoms with van der Waals surface area (Å²) in [5.41, 5.74) is 5.42. The highest BCUT2D eigenvalue weighted by Crippen LogP contribution is 2.22. The molecule has 1 fully saturated rings. The van der Waals surface area contributed by atoms with Crippen LogP contribution >= 0.6 is 11.3 Å². The Morgan fingerprint density at radius 1 is 1.54 bits per heavy atom. The van der Waals surface area contributed by atoms with Gasteiger partial charge in [-0.25, -0.2) is 0 Å². The maximum Gasteiger partial charge on any atom is 0.296 e. The second-order valence-electron chi connectivity index (χ2n) is 2.86. The molecule has 2 rings (SSSR count). The average Bonchev–Trinajstić information content (AvgIpc) is 2.53. The minimum absolute atomic E-state index is 0.112. The molecule has 6 heteroatoms. The molecule has 1 aromatic rings. The molecule has 1 aliphatic heterocycles. The molecular formula is C7H11N3O2S. The van der Waals surface area contributed by atoms with Gasteiger partial charge >= 0.3 is 0 Å². The lowest BCUT2D eigenvalue weighted by molar-refractivity contribution is 0.00706. The highest BCUT2D eigenvalue weighted by Gasteiger charge is 2.16. The van der Waals surface area contributed by atoms with Crippen LogP contribution in [-0.2, 0) is 4.74 Å². The Morgan fingerprint density at radius 2 is 2.46 bits per heavy atom. The summed E-state index contributed by atoms with van der Waals surface area (Å²) in [6.45, 7) is 1.47. The number of anilines is 1. The third-order valence-electron chi connectivity index (χ3n) is 1.81. The molecule has 5 nitrogen and oxygen atoms in total. The lowest BCUT2D eigenvalue weighted by Gasteiger charge is -2.21. The first kappa shape index (κ1) is 8.71. The highest BCUT2D eigenvalue weighted by atomic mass is 32.1. The Bertz CT molecular complexity index is 272. The van der Waals surface area contributed by atoms with E-state index in [-0.39, 0.29) is 6.10 Å². The molecule has 0 spiro atoms. The van der Waals surface area contributed by atoms with E-state index in [0.29, 0.717) is 16.9 Å². The maximum absolute atomic E-state index is 5.52. The quantitative estimate of drug-likeness (QED) is 0.761. The molecule has 1 aromatic heterocycles. The Kier molecular flexibility index (Phi) is 2.60. The van der Waals surface area contributed by atoms with E-state index >= 15 is 0 Å². The molecule has 1 saturated heterocycles. The van der Waals surface area contributed by atoms with Gasteiger partial charge in [0.1, 0.15) is 6.10 Å². The molecule has 0 saturated carbocycles. The molecule has 13 heavy (non-hydrogen) atoms. The molecule has 1 unspecified atom stereocenters. The molecule has 1 aliphatic rings. The van der Waals surface area contributed by atoms with Crippen LogP contribution < -0.4 is 10.5 Å². The van der Waals surface area contributed by atoms with Crippen molar-refractivity contribution in [2.75, 3.05) is 18.9 Å². The number of nitrogen functional groups attached to an aromatic ring is 1. The second kappa shape index (κ2) is 3.89. The smallest absolute Gasteiger partial charge is 0.296 e. The van der Waals surface area contributed by atoms with Crippen LogP contribution in [0.25, 0.3) is 0 Å². The van der Waals surface area contributed by atoms with Gasteiger partial charge in [0.2, 0.25) is 5.13 Å². The normalized spacial score (nSPS) is 22.9. The van der Waals surface area contributed by atoms with Crippen LogP contribution in [0, 0.1) is 0 Å². The van der Waals surface area contributed by atoms with Gasteiger partial charge < -0.3 is 15.2 Å². The monoisotopic (exact) mass is 201 g/mol. The van der Waals surface area contributed by atoms with Crippen molar-refractivity contribution in [1.29, 1.82) is 0 Å². The van der Waals surface area contributed by atoms with Crippen molar-refractivity contribution < 1.29 is 9.47 Å². The number of hydrogen-bond donors (Lipinski definition) is 1. The van der Waals surface area contributed by atoms with Crippen molar-refractivity contribution in [3.63, 3.8) is 0 Å². The molecule has 0 bridgehead atoms. The highest BCUT2D eigenvalue weighted by molar-refractivity contribution is 7.16. The van der Waals surface area contributed by atoms with Gasteiger partial charge in [-0.2, -0.15) is 0 Å².